The number of hydrogen-bond donors (Lipinski definition) is 2. The van der Waals surface area contributed by atoms with E-state index in [4.69, 9.17) is 0 Å². The molecule has 1 aliphatic rings. The standard InChI is InChI=1S/C15H24N4/c1-12-11-17-9-7-13(12)8-10-18-15(16-2)19-14-5-3-4-6-14/h7,9,11,14H,3-6,8,10H2,1-2H3,(H2,16,18,19). The maximum absolute atomic E-state index is 4.29. The van der Waals surface area contributed by atoms with Gasteiger partial charge in [0.25, 0.3) is 0 Å². The molecule has 1 aromatic heterocycles. The lowest BCUT2D eigenvalue weighted by molar-refractivity contribution is 0.613. The van der Waals surface area contributed by atoms with E-state index < -0.39 is 0 Å². The average Bonchev–Trinajstić information content (AvgIpc) is 2.92. The van der Waals surface area contributed by atoms with Gasteiger partial charge in [0.2, 0.25) is 0 Å². The molecule has 1 heterocycles. The number of aliphatic imine (C=N–C) groups is 1. The van der Waals surface area contributed by atoms with E-state index in [2.05, 4.69) is 33.6 Å². The molecule has 0 saturated heterocycles. The van der Waals surface area contributed by atoms with E-state index in [1.165, 1.54) is 36.8 Å². The highest BCUT2D eigenvalue weighted by atomic mass is 15.2. The molecule has 0 unspecified atom stereocenters. The van der Waals surface area contributed by atoms with Gasteiger partial charge in [0.1, 0.15) is 0 Å². The average molecular weight is 260 g/mol. The molecule has 4 heteroatoms. The van der Waals surface area contributed by atoms with Gasteiger partial charge in [0.15, 0.2) is 5.96 Å². The molecule has 0 amide bonds. The Morgan fingerprint density at radius 2 is 2.21 bits per heavy atom. The topological polar surface area (TPSA) is 49.3 Å². The summed E-state index contributed by atoms with van der Waals surface area (Å²) in [6, 6.07) is 2.69. The molecule has 1 aromatic rings. The highest BCUT2D eigenvalue weighted by molar-refractivity contribution is 5.79. The van der Waals surface area contributed by atoms with Crippen LogP contribution in [-0.4, -0.2) is 30.6 Å². The van der Waals surface area contributed by atoms with Gasteiger partial charge in [-0.1, -0.05) is 12.8 Å². The van der Waals surface area contributed by atoms with Gasteiger partial charge in [-0.2, -0.15) is 0 Å². The van der Waals surface area contributed by atoms with Crippen LogP contribution in [0.3, 0.4) is 0 Å². The molecule has 0 radical (unpaired) electrons. The molecule has 0 aliphatic heterocycles. The minimum Gasteiger partial charge on any atom is -0.356 e. The third-order valence-corrected chi connectivity index (χ3v) is 3.74. The number of pyridine rings is 1. The van der Waals surface area contributed by atoms with Crippen molar-refractivity contribution in [3.8, 4) is 0 Å². The quantitative estimate of drug-likeness (QED) is 0.643. The molecule has 2 N–H and O–H groups in total. The Bertz CT molecular complexity index is 422. The predicted molar refractivity (Wildman–Crippen MR) is 79.4 cm³/mol. The second-order valence-electron chi connectivity index (χ2n) is 5.18. The molecule has 1 fully saturated rings. The van der Waals surface area contributed by atoms with Crippen LogP contribution in [0, 0.1) is 6.92 Å². The summed E-state index contributed by atoms with van der Waals surface area (Å²) in [6.45, 7) is 3.01. The van der Waals surface area contributed by atoms with Crippen LogP contribution in [0.5, 0.6) is 0 Å². The minimum atomic E-state index is 0.605. The maximum atomic E-state index is 4.29. The second kappa shape index (κ2) is 7.12. The molecule has 19 heavy (non-hydrogen) atoms. The largest absolute Gasteiger partial charge is 0.356 e. The van der Waals surface area contributed by atoms with Crippen molar-refractivity contribution in [2.75, 3.05) is 13.6 Å². The minimum absolute atomic E-state index is 0.605. The first-order valence-electron chi connectivity index (χ1n) is 7.16. The lowest BCUT2D eigenvalue weighted by Gasteiger charge is -2.17. The van der Waals surface area contributed by atoms with Gasteiger partial charge in [-0.3, -0.25) is 9.98 Å². The molecule has 104 valence electrons. The van der Waals surface area contributed by atoms with Crippen molar-refractivity contribution in [3.63, 3.8) is 0 Å². The molecular formula is C15H24N4. The van der Waals surface area contributed by atoms with E-state index in [-0.39, 0.29) is 0 Å². The zero-order valence-corrected chi connectivity index (χ0v) is 11.9. The zero-order valence-electron chi connectivity index (χ0n) is 11.9. The van der Waals surface area contributed by atoms with Crippen LogP contribution in [0.25, 0.3) is 0 Å². The van der Waals surface area contributed by atoms with Crippen molar-refractivity contribution in [2.24, 2.45) is 4.99 Å². The highest BCUT2D eigenvalue weighted by Crippen LogP contribution is 2.17. The Balaban J connectivity index is 1.76. The number of guanidine groups is 1. The van der Waals surface area contributed by atoms with Crippen LogP contribution in [0.15, 0.2) is 23.5 Å². The SMILES string of the molecule is CN=C(NCCc1ccncc1C)NC1CCCC1. The molecule has 1 aliphatic carbocycles. The monoisotopic (exact) mass is 260 g/mol. The summed E-state index contributed by atoms with van der Waals surface area (Å²) >= 11 is 0. The summed E-state index contributed by atoms with van der Waals surface area (Å²) < 4.78 is 0. The Kier molecular flexibility index (Phi) is 5.19. The first-order chi connectivity index (χ1) is 9.29. The predicted octanol–water partition coefficient (Wildman–Crippen LogP) is 2.04. The fourth-order valence-electron chi connectivity index (χ4n) is 2.56. The summed E-state index contributed by atoms with van der Waals surface area (Å²) in [5.41, 5.74) is 2.60. The summed E-state index contributed by atoms with van der Waals surface area (Å²) in [5.74, 6) is 0.929. The van der Waals surface area contributed by atoms with Crippen LogP contribution >= 0.6 is 0 Å². The van der Waals surface area contributed by atoms with Crippen molar-refractivity contribution in [3.05, 3.63) is 29.6 Å². The normalized spacial score (nSPS) is 16.6. The highest BCUT2D eigenvalue weighted by Gasteiger charge is 2.15. The number of aryl methyl sites for hydroxylation is 1. The van der Waals surface area contributed by atoms with Crippen LogP contribution in [-0.2, 0) is 6.42 Å². The zero-order chi connectivity index (χ0) is 13.5. The molecule has 0 bridgehead atoms. The van der Waals surface area contributed by atoms with Crippen molar-refractivity contribution >= 4 is 5.96 Å². The lowest BCUT2D eigenvalue weighted by atomic mass is 10.1. The number of hydrogen-bond acceptors (Lipinski definition) is 2. The van der Waals surface area contributed by atoms with E-state index >= 15 is 0 Å². The smallest absolute Gasteiger partial charge is 0.191 e. The van der Waals surface area contributed by atoms with Gasteiger partial charge in [-0.05, 0) is 43.4 Å². The number of rotatable bonds is 4. The molecule has 0 spiro atoms. The summed E-state index contributed by atoms with van der Waals surface area (Å²) in [4.78, 5) is 8.40. The van der Waals surface area contributed by atoms with Gasteiger partial charge in [-0.25, -0.2) is 0 Å². The molecular weight excluding hydrogens is 236 g/mol. The van der Waals surface area contributed by atoms with Crippen LogP contribution < -0.4 is 10.6 Å². The van der Waals surface area contributed by atoms with Gasteiger partial charge in [0.05, 0.1) is 0 Å². The van der Waals surface area contributed by atoms with Crippen LogP contribution in [0.4, 0.5) is 0 Å². The second-order valence-corrected chi connectivity index (χ2v) is 5.18. The Hall–Kier alpha value is -1.58. The Morgan fingerprint density at radius 3 is 2.89 bits per heavy atom. The summed E-state index contributed by atoms with van der Waals surface area (Å²) in [6.07, 6.45) is 9.98. The van der Waals surface area contributed by atoms with E-state index in [0.717, 1.165) is 18.9 Å². The number of nitrogens with one attached hydrogen (secondary N) is 2. The summed E-state index contributed by atoms with van der Waals surface area (Å²) in [5, 5.41) is 6.88. The lowest BCUT2D eigenvalue weighted by Crippen LogP contribution is -2.43. The number of aromatic nitrogens is 1. The Morgan fingerprint density at radius 1 is 1.42 bits per heavy atom. The first-order valence-corrected chi connectivity index (χ1v) is 7.16. The molecule has 4 nitrogen and oxygen atoms in total. The third-order valence-electron chi connectivity index (χ3n) is 3.74. The van der Waals surface area contributed by atoms with E-state index in [1.54, 1.807) is 0 Å². The molecule has 1 saturated carbocycles. The van der Waals surface area contributed by atoms with Crippen molar-refractivity contribution < 1.29 is 0 Å². The Labute approximate surface area is 115 Å². The van der Waals surface area contributed by atoms with Gasteiger partial charge < -0.3 is 10.6 Å². The van der Waals surface area contributed by atoms with E-state index in [9.17, 15) is 0 Å². The molecule has 0 atom stereocenters. The third kappa shape index (κ3) is 4.23. The van der Waals surface area contributed by atoms with Crippen molar-refractivity contribution in [1.29, 1.82) is 0 Å². The first kappa shape index (κ1) is 13.8. The van der Waals surface area contributed by atoms with E-state index in [0.29, 0.717) is 6.04 Å². The number of nitrogens with zero attached hydrogens (tertiary/aromatic N) is 2. The van der Waals surface area contributed by atoms with Gasteiger partial charge >= 0.3 is 0 Å². The van der Waals surface area contributed by atoms with Gasteiger partial charge in [-0.15, -0.1) is 0 Å². The van der Waals surface area contributed by atoms with Crippen molar-refractivity contribution in [2.45, 2.75) is 45.1 Å². The maximum Gasteiger partial charge on any atom is 0.191 e. The van der Waals surface area contributed by atoms with Crippen molar-refractivity contribution in [1.82, 2.24) is 15.6 Å². The van der Waals surface area contributed by atoms with Gasteiger partial charge in [0, 0.05) is 32.0 Å². The van der Waals surface area contributed by atoms with Crippen LogP contribution in [0.2, 0.25) is 0 Å². The van der Waals surface area contributed by atoms with Crippen LogP contribution in [0.1, 0.15) is 36.8 Å². The fourth-order valence-corrected chi connectivity index (χ4v) is 2.56. The molecule has 0 aromatic carbocycles. The molecule has 2 rings (SSSR count). The fraction of sp³-hybridized carbons (Fsp3) is 0.600. The summed E-state index contributed by atoms with van der Waals surface area (Å²) in [7, 11) is 1.84. The van der Waals surface area contributed by atoms with E-state index in [1.807, 2.05) is 19.4 Å².